The standard InChI is InChI=1S/C16H13BrN2O4/c1-21-16(20)13-7-6-12(9-18-13)22-15-8-14(23-19-15)10-2-4-11(17)5-3-10/h2-9,14,19H,1H3. The molecule has 1 aliphatic rings. The minimum atomic E-state index is -0.492. The molecule has 1 aromatic heterocycles. The highest BCUT2D eigenvalue weighted by Gasteiger charge is 2.20. The van der Waals surface area contributed by atoms with Crippen LogP contribution in [-0.2, 0) is 9.57 Å². The normalized spacial score (nSPS) is 16.4. The summed E-state index contributed by atoms with van der Waals surface area (Å²) in [7, 11) is 1.31. The quantitative estimate of drug-likeness (QED) is 0.826. The maximum absolute atomic E-state index is 11.3. The average molecular weight is 377 g/mol. The number of hydrogen-bond donors (Lipinski definition) is 1. The maximum Gasteiger partial charge on any atom is 0.356 e. The van der Waals surface area contributed by atoms with E-state index >= 15 is 0 Å². The molecule has 0 radical (unpaired) electrons. The van der Waals surface area contributed by atoms with Gasteiger partial charge in [-0.25, -0.2) is 15.3 Å². The lowest BCUT2D eigenvalue weighted by molar-refractivity contribution is 0.0273. The first-order chi connectivity index (χ1) is 11.2. The Morgan fingerprint density at radius 2 is 2.04 bits per heavy atom. The van der Waals surface area contributed by atoms with Crippen molar-refractivity contribution in [2.24, 2.45) is 0 Å². The number of benzene rings is 1. The third-order valence-electron chi connectivity index (χ3n) is 3.15. The molecule has 7 heteroatoms. The van der Waals surface area contributed by atoms with Gasteiger partial charge in [-0.2, -0.15) is 0 Å². The lowest BCUT2D eigenvalue weighted by Crippen LogP contribution is -2.12. The van der Waals surface area contributed by atoms with Gasteiger partial charge < -0.3 is 9.47 Å². The summed E-state index contributed by atoms with van der Waals surface area (Å²) in [6.45, 7) is 0. The zero-order valence-electron chi connectivity index (χ0n) is 12.2. The summed E-state index contributed by atoms with van der Waals surface area (Å²) in [6.07, 6.45) is 3.03. The van der Waals surface area contributed by atoms with Gasteiger partial charge in [0.1, 0.15) is 17.5 Å². The van der Waals surface area contributed by atoms with Gasteiger partial charge in [0.05, 0.1) is 13.3 Å². The number of ether oxygens (including phenoxy) is 2. The van der Waals surface area contributed by atoms with E-state index in [2.05, 4.69) is 31.1 Å². The SMILES string of the molecule is COC(=O)c1ccc(OC2=CC(c3ccc(Br)cc3)ON2)cn1. The number of carbonyl (C=O) groups excluding carboxylic acids is 1. The van der Waals surface area contributed by atoms with Gasteiger partial charge >= 0.3 is 5.97 Å². The van der Waals surface area contributed by atoms with Gasteiger partial charge in [0.15, 0.2) is 0 Å². The Labute approximate surface area is 141 Å². The third kappa shape index (κ3) is 3.69. The van der Waals surface area contributed by atoms with Gasteiger partial charge in [-0.1, -0.05) is 28.1 Å². The molecule has 0 aliphatic carbocycles. The van der Waals surface area contributed by atoms with Crippen LogP contribution in [0.15, 0.2) is 59.0 Å². The van der Waals surface area contributed by atoms with E-state index in [4.69, 9.17) is 9.57 Å². The van der Waals surface area contributed by atoms with Crippen LogP contribution in [0.5, 0.6) is 5.75 Å². The summed E-state index contributed by atoms with van der Waals surface area (Å²) < 4.78 is 11.2. The van der Waals surface area contributed by atoms with Gasteiger partial charge in [0.25, 0.3) is 0 Å². The van der Waals surface area contributed by atoms with Crippen LogP contribution in [0.1, 0.15) is 22.2 Å². The highest BCUT2D eigenvalue weighted by atomic mass is 79.9. The van der Waals surface area contributed by atoms with Crippen molar-refractivity contribution in [2.75, 3.05) is 7.11 Å². The number of nitrogens with one attached hydrogen (secondary N) is 1. The number of pyridine rings is 1. The molecule has 1 unspecified atom stereocenters. The molecule has 2 heterocycles. The zero-order chi connectivity index (χ0) is 16.2. The molecule has 3 rings (SSSR count). The second-order valence-corrected chi connectivity index (χ2v) is 5.61. The second-order valence-electron chi connectivity index (χ2n) is 4.70. The van der Waals surface area contributed by atoms with E-state index in [9.17, 15) is 4.79 Å². The molecular weight excluding hydrogens is 364 g/mol. The molecule has 0 bridgehead atoms. The summed E-state index contributed by atoms with van der Waals surface area (Å²) in [6, 6.07) is 11.0. The molecule has 1 N–H and O–H groups in total. The van der Waals surface area contributed by atoms with Crippen molar-refractivity contribution in [1.82, 2.24) is 10.5 Å². The van der Waals surface area contributed by atoms with E-state index in [1.807, 2.05) is 30.3 Å². The molecule has 1 aromatic carbocycles. The molecule has 0 spiro atoms. The Hall–Kier alpha value is -2.38. The number of esters is 1. The van der Waals surface area contributed by atoms with Crippen LogP contribution >= 0.6 is 15.9 Å². The van der Waals surface area contributed by atoms with Gasteiger partial charge in [-0.05, 0) is 29.8 Å². The first kappa shape index (κ1) is 15.5. The molecule has 23 heavy (non-hydrogen) atoms. The van der Waals surface area contributed by atoms with Crippen molar-refractivity contribution >= 4 is 21.9 Å². The van der Waals surface area contributed by atoms with E-state index in [-0.39, 0.29) is 11.8 Å². The number of aromatic nitrogens is 1. The van der Waals surface area contributed by atoms with Crippen molar-refractivity contribution in [3.63, 3.8) is 0 Å². The summed E-state index contributed by atoms with van der Waals surface area (Å²) >= 11 is 3.39. The Morgan fingerprint density at radius 3 is 2.70 bits per heavy atom. The summed E-state index contributed by atoms with van der Waals surface area (Å²) in [5, 5.41) is 0. The Bertz CT molecular complexity index is 729. The molecule has 0 amide bonds. The van der Waals surface area contributed by atoms with Gasteiger partial charge in [-0.3, -0.25) is 4.84 Å². The van der Waals surface area contributed by atoms with E-state index in [0.29, 0.717) is 11.6 Å². The van der Waals surface area contributed by atoms with Crippen molar-refractivity contribution in [3.8, 4) is 5.75 Å². The molecule has 1 aliphatic heterocycles. The maximum atomic E-state index is 11.3. The number of halogens is 1. The van der Waals surface area contributed by atoms with Crippen LogP contribution in [0.2, 0.25) is 0 Å². The topological polar surface area (TPSA) is 69.7 Å². The molecule has 2 aromatic rings. The van der Waals surface area contributed by atoms with Gasteiger partial charge in [0.2, 0.25) is 5.88 Å². The summed E-state index contributed by atoms with van der Waals surface area (Å²) in [4.78, 5) is 20.8. The highest BCUT2D eigenvalue weighted by molar-refractivity contribution is 9.10. The number of rotatable bonds is 4. The van der Waals surface area contributed by atoms with Crippen LogP contribution < -0.4 is 10.2 Å². The molecular formula is C16H13BrN2O4. The van der Waals surface area contributed by atoms with E-state index in [1.165, 1.54) is 19.4 Å². The van der Waals surface area contributed by atoms with Crippen LogP contribution in [0, 0.1) is 0 Å². The van der Waals surface area contributed by atoms with Crippen molar-refractivity contribution in [1.29, 1.82) is 0 Å². The predicted octanol–water partition coefficient (Wildman–Crippen LogP) is 3.13. The number of nitrogens with zero attached hydrogens (tertiary/aromatic N) is 1. The van der Waals surface area contributed by atoms with E-state index in [0.717, 1.165) is 10.0 Å². The minimum Gasteiger partial charge on any atom is -0.464 e. The number of hydroxylamine groups is 1. The summed E-state index contributed by atoms with van der Waals surface area (Å²) in [5.74, 6) is 0.454. The molecule has 1 atom stereocenters. The minimum absolute atomic E-state index is 0.220. The van der Waals surface area contributed by atoms with Gasteiger partial charge in [0, 0.05) is 10.5 Å². The largest absolute Gasteiger partial charge is 0.464 e. The van der Waals surface area contributed by atoms with Crippen LogP contribution in [0.4, 0.5) is 0 Å². The lowest BCUT2D eigenvalue weighted by Gasteiger charge is -2.07. The van der Waals surface area contributed by atoms with Crippen LogP contribution in [0.25, 0.3) is 0 Å². The molecule has 118 valence electrons. The Morgan fingerprint density at radius 1 is 1.26 bits per heavy atom. The molecule has 0 saturated heterocycles. The smallest absolute Gasteiger partial charge is 0.356 e. The van der Waals surface area contributed by atoms with Gasteiger partial charge in [-0.15, -0.1) is 0 Å². The van der Waals surface area contributed by atoms with Crippen molar-refractivity contribution in [3.05, 3.63) is 70.3 Å². The lowest BCUT2D eigenvalue weighted by atomic mass is 10.1. The fraction of sp³-hybridized carbons (Fsp3) is 0.125. The average Bonchev–Trinajstić information content (AvgIpc) is 3.04. The molecule has 6 nitrogen and oxygen atoms in total. The molecule has 0 fully saturated rings. The molecule has 0 saturated carbocycles. The number of hydrogen-bond acceptors (Lipinski definition) is 6. The third-order valence-corrected chi connectivity index (χ3v) is 3.68. The fourth-order valence-corrected chi connectivity index (χ4v) is 2.26. The first-order valence-electron chi connectivity index (χ1n) is 6.77. The van der Waals surface area contributed by atoms with Crippen LogP contribution in [0.3, 0.4) is 0 Å². The van der Waals surface area contributed by atoms with E-state index < -0.39 is 5.97 Å². The highest BCUT2D eigenvalue weighted by Crippen LogP contribution is 2.26. The first-order valence-corrected chi connectivity index (χ1v) is 7.56. The van der Waals surface area contributed by atoms with Crippen molar-refractivity contribution in [2.45, 2.75) is 6.10 Å². The van der Waals surface area contributed by atoms with Crippen molar-refractivity contribution < 1.29 is 19.1 Å². The number of carbonyl (C=O) groups is 1. The zero-order valence-corrected chi connectivity index (χ0v) is 13.7. The van der Waals surface area contributed by atoms with E-state index in [1.54, 1.807) is 6.07 Å². The predicted molar refractivity (Wildman–Crippen MR) is 85.4 cm³/mol. The fourth-order valence-electron chi connectivity index (χ4n) is 1.99. The van der Waals surface area contributed by atoms with Crippen LogP contribution in [-0.4, -0.2) is 18.1 Å². The Kier molecular flexibility index (Phi) is 4.59. The monoisotopic (exact) mass is 376 g/mol. The Balaban J connectivity index is 1.67. The second kappa shape index (κ2) is 6.80. The number of methoxy groups -OCH3 is 1. The summed E-state index contributed by atoms with van der Waals surface area (Å²) in [5.41, 5.74) is 3.94.